The third kappa shape index (κ3) is 5.68. The van der Waals surface area contributed by atoms with Crippen LogP contribution in [-0.4, -0.2) is 57.2 Å². The molecule has 0 bridgehead atoms. The Labute approximate surface area is 128 Å². The normalized spacial score (nSPS) is 13.1. The maximum atomic E-state index is 11.7. The first-order valence-electron chi connectivity index (χ1n) is 6.62. The van der Waals surface area contributed by atoms with Crippen LogP contribution >= 0.6 is 0 Å². The maximum absolute atomic E-state index is 11.7. The quantitative estimate of drug-likeness (QED) is 0.394. The van der Waals surface area contributed by atoms with Crippen molar-refractivity contribution in [1.29, 1.82) is 0 Å². The second kappa shape index (κ2) is 9.72. The van der Waals surface area contributed by atoms with Gasteiger partial charge in [-0.15, -0.1) is 0 Å². The third-order valence-corrected chi connectivity index (χ3v) is 3.02. The van der Waals surface area contributed by atoms with E-state index in [0.717, 1.165) is 14.2 Å². The zero-order valence-electron chi connectivity index (χ0n) is 13.1. The summed E-state index contributed by atoms with van der Waals surface area (Å²) in [4.78, 5) is 46.6. The third-order valence-electron chi connectivity index (χ3n) is 3.02. The van der Waals surface area contributed by atoms with Gasteiger partial charge < -0.3 is 25.3 Å². The van der Waals surface area contributed by atoms with E-state index in [4.69, 9.17) is 10.5 Å². The van der Waals surface area contributed by atoms with Crippen molar-refractivity contribution in [2.75, 3.05) is 27.4 Å². The molecule has 0 aromatic carbocycles. The number of methoxy groups -OCH3 is 2. The highest BCUT2D eigenvalue weighted by molar-refractivity contribution is 5.97. The average Bonchev–Trinajstić information content (AvgIpc) is 2.49. The molecule has 0 spiro atoms. The summed E-state index contributed by atoms with van der Waals surface area (Å²) in [5, 5.41) is 2.34. The van der Waals surface area contributed by atoms with E-state index in [-0.39, 0.29) is 6.61 Å². The lowest BCUT2D eigenvalue weighted by atomic mass is 9.87. The molecule has 0 saturated heterocycles. The molecule has 2 amide bonds. The Balaban J connectivity index is 5.19. The molecule has 126 valence electrons. The minimum atomic E-state index is -1.39. The number of carbonyl (C=O) groups excluding carboxylic acids is 4. The monoisotopic (exact) mass is 318 g/mol. The number of nitrogens with two attached hydrogens (primary N) is 1. The van der Waals surface area contributed by atoms with Gasteiger partial charge in [0.2, 0.25) is 11.8 Å². The van der Waals surface area contributed by atoms with Gasteiger partial charge in [0.25, 0.3) is 0 Å². The zero-order valence-corrected chi connectivity index (χ0v) is 13.1. The highest BCUT2D eigenvalue weighted by Gasteiger charge is 2.41. The molecular weight excluding hydrogens is 296 g/mol. The topological polar surface area (TPSA) is 134 Å². The first-order valence-corrected chi connectivity index (χ1v) is 6.62. The summed E-state index contributed by atoms with van der Waals surface area (Å²) in [7, 11) is 2.19. The van der Waals surface area contributed by atoms with Gasteiger partial charge in [0, 0.05) is 12.5 Å². The molecule has 9 heteroatoms. The number of primary amides is 1. The van der Waals surface area contributed by atoms with Gasteiger partial charge in [-0.2, -0.15) is 0 Å². The van der Waals surface area contributed by atoms with E-state index in [9.17, 15) is 19.2 Å². The molecule has 0 aliphatic carbocycles. The van der Waals surface area contributed by atoms with Crippen LogP contribution < -0.4 is 11.1 Å². The fraction of sp³-hybridized carbons (Fsp3) is 0.692. The summed E-state index contributed by atoms with van der Waals surface area (Å²) < 4.78 is 14.0. The van der Waals surface area contributed by atoms with E-state index in [1.54, 1.807) is 6.92 Å². The first-order chi connectivity index (χ1) is 10.3. The second-order valence-corrected chi connectivity index (χ2v) is 4.47. The van der Waals surface area contributed by atoms with E-state index in [0.29, 0.717) is 6.61 Å². The van der Waals surface area contributed by atoms with Crippen LogP contribution in [0.4, 0.5) is 0 Å². The van der Waals surface area contributed by atoms with Crippen LogP contribution in [0.1, 0.15) is 13.8 Å². The van der Waals surface area contributed by atoms with Crippen molar-refractivity contribution in [3.8, 4) is 0 Å². The van der Waals surface area contributed by atoms with Crippen molar-refractivity contribution in [3.05, 3.63) is 0 Å². The standard InChI is InChI=1S/C13H22N2O7/c1-5-22-6-8(16)15-10(11(14)17)7(2)9(12(18)20-3)13(19)21-4/h7,9-10H,5-6H2,1-4H3,(H2,14,17)(H,15,16)/t7-,10-/m0/s1. The van der Waals surface area contributed by atoms with Crippen LogP contribution in [0.25, 0.3) is 0 Å². The van der Waals surface area contributed by atoms with Crippen LogP contribution in [0.3, 0.4) is 0 Å². The van der Waals surface area contributed by atoms with Gasteiger partial charge in [-0.25, -0.2) is 0 Å². The summed E-state index contributed by atoms with van der Waals surface area (Å²) in [6, 6.07) is -1.25. The number of carbonyl (C=O) groups is 4. The van der Waals surface area contributed by atoms with Crippen molar-refractivity contribution in [3.63, 3.8) is 0 Å². The molecule has 0 fully saturated rings. The van der Waals surface area contributed by atoms with Gasteiger partial charge in [-0.05, 0) is 6.92 Å². The van der Waals surface area contributed by atoms with Crippen LogP contribution in [-0.2, 0) is 33.4 Å². The van der Waals surface area contributed by atoms with Crippen molar-refractivity contribution in [1.82, 2.24) is 5.32 Å². The predicted octanol–water partition coefficient (Wildman–Crippen LogP) is -1.41. The lowest BCUT2D eigenvalue weighted by Crippen LogP contribution is -2.53. The molecule has 0 heterocycles. The largest absolute Gasteiger partial charge is 0.468 e. The van der Waals surface area contributed by atoms with E-state index >= 15 is 0 Å². The molecule has 0 aliphatic heterocycles. The number of rotatable bonds is 9. The van der Waals surface area contributed by atoms with Gasteiger partial charge in [-0.3, -0.25) is 19.2 Å². The predicted molar refractivity (Wildman–Crippen MR) is 74.3 cm³/mol. The fourth-order valence-electron chi connectivity index (χ4n) is 1.84. The smallest absolute Gasteiger partial charge is 0.320 e. The fourth-order valence-corrected chi connectivity index (χ4v) is 1.84. The molecule has 0 radical (unpaired) electrons. The Morgan fingerprint density at radius 1 is 1.09 bits per heavy atom. The molecule has 22 heavy (non-hydrogen) atoms. The number of hydrogen-bond acceptors (Lipinski definition) is 7. The summed E-state index contributed by atoms with van der Waals surface area (Å²) in [5.41, 5.74) is 5.24. The second-order valence-electron chi connectivity index (χ2n) is 4.47. The van der Waals surface area contributed by atoms with Crippen molar-refractivity contribution < 1.29 is 33.4 Å². The van der Waals surface area contributed by atoms with Crippen LogP contribution in [0.15, 0.2) is 0 Å². The summed E-state index contributed by atoms with van der Waals surface area (Å²) in [5.74, 6) is -5.60. The molecule has 0 aliphatic rings. The minimum Gasteiger partial charge on any atom is -0.468 e. The Kier molecular flexibility index (Phi) is 8.76. The van der Waals surface area contributed by atoms with Gasteiger partial charge in [0.1, 0.15) is 12.6 Å². The number of esters is 2. The molecule has 0 aromatic rings. The molecule has 3 N–H and O–H groups in total. The maximum Gasteiger partial charge on any atom is 0.320 e. The van der Waals surface area contributed by atoms with Crippen molar-refractivity contribution in [2.45, 2.75) is 19.9 Å². The zero-order chi connectivity index (χ0) is 17.3. The highest BCUT2D eigenvalue weighted by atomic mass is 16.5. The van der Waals surface area contributed by atoms with E-state index in [2.05, 4.69) is 14.8 Å². The number of nitrogens with one attached hydrogen (secondary N) is 1. The van der Waals surface area contributed by atoms with Crippen molar-refractivity contribution >= 4 is 23.8 Å². The first kappa shape index (κ1) is 19.8. The van der Waals surface area contributed by atoms with Gasteiger partial charge in [0.15, 0.2) is 5.92 Å². The molecule has 0 unspecified atom stereocenters. The van der Waals surface area contributed by atoms with Gasteiger partial charge >= 0.3 is 11.9 Å². The van der Waals surface area contributed by atoms with Gasteiger partial charge in [-0.1, -0.05) is 6.92 Å². The minimum absolute atomic E-state index is 0.270. The molecule has 9 nitrogen and oxygen atoms in total. The van der Waals surface area contributed by atoms with E-state index < -0.39 is 41.6 Å². The highest BCUT2D eigenvalue weighted by Crippen LogP contribution is 2.19. The van der Waals surface area contributed by atoms with Crippen LogP contribution in [0.5, 0.6) is 0 Å². The van der Waals surface area contributed by atoms with Crippen LogP contribution in [0, 0.1) is 11.8 Å². The molecular formula is C13H22N2O7. The average molecular weight is 318 g/mol. The molecule has 2 atom stereocenters. The van der Waals surface area contributed by atoms with Crippen LogP contribution in [0.2, 0.25) is 0 Å². The number of amides is 2. The Bertz CT molecular complexity index is 409. The van der Waals surface area contributed by atoms with E-state index in [1.807, 2.05) is 0 Å². The Morgan fingerprint density at radius 2 is 1.59 bits per heavy atom. The van der Waals surface area contributed by atoms with Crippen molar-refractivity contribution in [2.24, 2.45) is 17.6 Å². The lowest BCUT2D eigenvalue weighted by molar-refractivity contribution is -0.162. The SMILES string of the molecule is CCOCC(=O)N[C@H](C(N)=O)[C@@H](C)C(C(=O)OC)C(=O)OC. The Morgan fingerprint density at radius 3 is 1.95 bits per heavy atom. The Hall–Kier alpha value is -2.16. The molecule has 0 rings (SSSR count). The van der Waals surface area contributed by atoms with Gasteiger partial charge in [0.05, 0.1) is 14.2 Å². The number of hydrogen-bond donors (Lipinski definition) is 2. The molecule has 0 saturated carbocycles. The van der Waals surface area contributed by atoms with E-state index in [1.165, 1.54) is 6.92 Å². The summed E-state index contributed by atoms with van der Waals surface area (Å²) >= 11 is 0. The lowest BCUT2D eigenvalue weighted by Gasteiger charge is -2.26. The summed E-state index contributed by atoms with van der Waals surface area (Å²) in [6.07, 6.45) is 0. The summed E-state index contributed by atoms with van der Waals surface area (Å²) in [6.45, 7) is 3.16. The molecule has 0 aromatic heterocycles. The number of ether oxygens (including phenoxy) is 3.